The van der Waals surface area contributed by atoms with E-state index in [2.05, 4.69) is 10.6 Å². The average Bonchev–Trinajstić information content (AvgIpc) is 2.89. The summed E-state index contributed by atoms with van der Waals surface area (Å²) in [6.07, 6.45) is -1.50. The standard InChI is InChI=1S/C25H22Cl2N2O8S/c1-36-17-9-5-15(6-10-17)23(30)28-16-7-11-18(12-8-16)38(34,35)21(24(31)32)13-14-37-25(33)29-22-19(26)3-2-4-20(22)27/h2-12,21H,13-14H2,1H3,(H,28,30)(H,29,33)(H,31,32). The van der Waals surface area contributed by atoms with Crippen molar-refractivity contribution in [3.8, 4) is 5.75 Å². The fraction of sp³-hybridized carbons (Fsp3) is 0.160. The number of carboxylic acids is 1. The third-order valence-electron chi connectivity index (χ3n) is 5.25. The van der Waals surface area contributed by atoms with Crippen LogP contribution in [0.15, 0.2) is 71.6 Å². The van der Waals surface area contributed by atoms with Crippen LogP contribution in [0, 0.1) is 0 Å². The molecular weight excluding hydrogens is 559 g/mol. The first-order chi connectivity index (χ1) is 18.0. The SMILES string of the molecule is COc1ccc(C(=O)Nc2ccc(S(=O)(=O)C(CCOC(=O)Nc3c(Cl)cccc3Cl)C(=O)O)cc2)cc1. The molecule has 0 heterocycles. The van der Waals surface area contributed by atoms with Crippen molar-refractivity contribution in [3.05, 3.63) is 82.3 Å². The minimum atomic E-state index is -4.36. The number of halogens is 2. The summed E-state index contributed by atoms with van der Waals surface area (Å²) in [6.45, 7) is -0.514. The fourth-order valence-corrected chi connectivity index (χ4v) is 5.27. The van der Waals surface area contributed by atoms with Crippen LogP contribution < -0.4 is 15.4 Å². The Morgan fingerprint density at radius 3 is 2.08 bits per heavy atom. The summed E-state index contributed by atoms with van der Waals surface area (Å²) in [4.78, 5) is 35.9. The van der Waals surface area contributed by atoms with Gasteiger partial charge in [0.05, 0.1) is 34.3 Å². The maximum absolute atomic E-state index is 13.0. The van der Waals surface area contributed by atoms with Crippen LogP contribution in [-0.2, 0) is 19.4 Å². The quantitative estimate of drug-likeness (QED) is 0.299. The van der Waals surface area contributed by atoms with Crippen LogP contribution in [0.5, 0.6) is 5.75 Å². The van der Waals surface area contributed by atoms with Gasteiger partial charge in [-0.05, 0) is 60.7 Å². The van der Waals surface area contributed by atoms with Gasteiger partial charge in [0.15, 0.2) is 15.1 Å². The van der Waals surface area contributed by atoms with E-state index in [0.717, 1.165) is 0 Å². The lowest BCUT2D eigenvalue weighted by Crippen LogP contribution is -2.32. The zero-order valence-electron chi connectivity index (χ0n) is 19.8. The molecular formula is C25H22Cl2N2O8S. The molecule has 0 aliphatic carbocycles. The van der Waals surface area contributed by atoms with E-state index in [9.17, 15) is 27.9 Å². The first-order valence-electron chi connectivity index (χ1n) is 10.9. The monoisotopic (exact) mass is 580 g/mol. The van der Waals surface area contributed by atoms with Gasteiger partial charge in [-0.2, -0.15) is 0 Å². The van der Waals surface area contributed by atoms with Crippen molar-refractivity contribution in [1.82, 2.24) is 0 Å². The van der Waals surface area contributed by atoms with E-state index < -0.39 is 46.1 Å². The van der Waals surface area contributed by atoms with Crippen LogP contribution in [0.3, 0.4) is 0 Å². The van der Waals surface area contributed by atoms with Gasteiger partial charge in [0, 0.05) is 17.7 Å². The molecule has 2 amide bonds. The number of rotatable bonds is 10. The molecule has 3 aromatic rings. The predicted molar refractivity (Wildman–Crippen MR) is 142 cm³/mol. The third kappa shape index (κ3) is 7.15. The van der Waals surface area contributed by atoms with Gasteiger partial charge in [0.2, 0.25) is 0 Å². The Labute approximate surface area is 228 Å². The molecule has 1 atom stereocenters. The number of hydrogen-bond acceptors (Lipinski definition) is 7. The number of carboxylic acid groups (broad SMARTS) is 1. The summed E-state index contributed by atoms with van der Waals surface area (Å²) in [6, 6.07) is 16.0. The highest BCUT2D eigenvalue weighted by atomic mass is 35.5. The van der Waals surface area contributed by atoms with Gasteiger partial charge in [-0.15, -0.1) is 0 Å². The van der Waals surface area contributed by atoms with Crippen LogP contribution in [0.25, 0.3) is 0 Å². The van der Waals surface area contributed by atoms with E-state index in [4.69, 9.17) is 32.7 Å². The van der Waals surface area contributed by atoms with Crippen molar-refractivity contribution < 1.29 is 37.4 Å². The summed E-state index contributed by atoms with van der Waals surface area (Å²) in [5.41, 5.74) is 0.756. The normalized spacial score (nSPS) is 11.8. The number of amides is 2. The Hall–Kier alpha value is -3.80. The molecule has 0 aliphatic rings. The zero-order valence-corrected chi connectivity index (χ0v) is 22.1. The summed E-state index contributed by atoms with van der Waals surface area (Å²) >= 11 is 11.9. The molecule has 0 spiro atoms. The number of para-hydroxylation sites is 1. The van der Waals surface area contributed by atoms with Crippen molar-refractivity contribution in [2.45, 2.75) is 16.6 Å². The fourth-order valence-electron chi connectivity index (χ4n) is 3.26. The first kappa shape index (κ1) is 28.8. The van der Waals surface area contributed by atoms with Crippen molar-refractivity contribution >= 4 is 62.4 Å². The summed E-state index contributed by atoms with van der Waals surface area (Å²) in [7, 11) is -2.85. The Morgan fingerprint density at radius 2 is 1.53 bits per heavy atom. The highest BCUT2D eigenvalue weighted by Gasteiger charge is 2.34. The first-order valence-corrected chi connectivity index (χ1v) is 13.2. The zero-order chi connectivity index (χ0) is 27.9. The molecule has 1 unspecified atom stereocenters. The highest BCUT2D eigenvalue weighted by Crippen LogP contribution is 2.30. The van der Waals surface area contributed by atoms with Gasteiger partial charge in [-0.3, -0.25) is 14.9 Å². The minimum absolute atomic E-state index is 0.0995. The molecule has 0 saturated heterocycles. The lowest BCUT2D eigenvalue weighted by molar-refractivity contribution is -0.136. The molecule has 0 radical (unpaired) electrons. The van der Waals surface area contributed by atoms with Crippen LogP contribution in [0.2, 0.25) is 10.0 Å². The molecule has 3 rings (SSSR count). The number of nitrogens with one attached hydrogen (secondary N) is 2. The Balaban J connectivity index is 1.62. The number of hydrogen-bond donors (Lipinski definition) is 3. The molecule has 10 nitrogen and oxygen atoms in total. The number of methoxy groups -OCH3 is 1. The molecule has 0 aromatic heterocycles. The van der Waals surface area contributed by atoms with Crippen molar-refractivity contribution in [1.29, 1.82) is 0 Å². The van der Waals surface area contributed by atoms with Gasteiger partial charge in [0.1, 0.15) is 5.75 Å². The van der Waals surface area contributed by atoms with Crippen LogP contribution in [-0.4, -0.2) is 50.5 Å². The summed E-state index contributed by atoms with van der Waals surface area (Å²) < 4.78 is 35.9. The Morgan fingerprint density at radius 1 is 0.921 bits per heavy atom. The summed E-state index contributed by atoms with van der Waals surface area (Å²) in [5.74, 6) is -1.46. The van der Waals surface area contributed by atoms with E-state index in [-0.39, 0.29) is 20.6 Å². The lowest BCUT2D eigenvalue weighted by Gasteiger charge is -2.15. The predicted octanol–water partition coefficient (Wildman–Crippen LogP) is 5.12. The van der Waals surface area contributed by atoms with E-state index in [0.29, 0.717) is 17.0 Å². The molecule has 3 N–H and O–H groups in total. The number of carbonyl (C=O) groups is 3. The van der Waals surface area contributed by atoms with Gasteiger partial charge in [0.25, 0.3) is 5.91 Å². The number of anilines is 2. The van der Waals surface area contributed by atoms with Gasteiger partial charge in [-0.1, -0.05) is 29.3 Å². The molecule has 38 heavy (non-hydrogen) atoms. The maximum Gasteiger partial charge on any atom is 0.411 e. The topological polar surface area (TPSA) is 148 Å². The van der Waals surface area contributed by atoms with Gasteiger partial charge in [-0.25, -0.2) is 13.2 Å². The number of ether oxygens (including phenoxy) is 2. The van der Waals surface area contributed by atoms with E-state index in [1.165, 1.54) is 43.5 Å². The van der Waals surface area contributed by atoms with Crippen molar-refractivity contribution in [2.75, 3.05) is 24.4 Å². The molecule has 13 heteroatoms. The number of aliphatic carboxylic acids is 1. The Bertz CT molecular complexity index is 1410. The molecule has 0 bridgehead atoms. The van der Waals surface area contributed by atoms with E-state index in [1.54, 1.807) is 30.3 Å². The van der Waals surface area contributed by atoms with Gasteiger partial charge < -0.3 is 19.9 Å². The maximum atomic E-state index is 13.0. The third-order valence-corrected chi connectivity index (χ3v) is 7.99. The molecule has 200 valence electrons. The molecule has 0 saturated carbocycles. The average molecular weight is 581 g/mol. The minimum Gasteiger partial charge on any atom is -0.497 e. The summed E-state index contributed by atoms with van der Waals surface area (Å²) in [5, 5.41) is 12.9. The van der Waals surface area contributed by atoms with Crippen molar-refractivity contribution in [3.63, 3.8) is 0 Å². The van der Waals surface area contributed by atoms with Gasteiger partial charge >= 0.3 is 12.1 Å². The van der Waals surface area contributed by atoms with E-state index >= 15 is 0 Å². The lowest BCUT2D eigenvalue weighted by atomic mass is 10.2. The van der Waals surface area contributed by atoms with Crippen LogP contribution >= 0.6 is 23.2 Å². The molecule has 0 aliphatic heterocycles. The smallest absolute Gasteiger partial charge is 0.411 e. The van der Waals surface area contributed by atoms with Crippen molar-refractivity contribution in [2.24, 2.45) is 0 Å². The highest BCUT2D eigenvalue weighted by molar-refractivity contribution is 7.92. The van der Waals surface area contributed by atoms with Crippen LogP contribution in [0.4, 0.5) is 16.2 Å². The molecule has 3 aromatic carbocycles. The Kier molecular flexibility index (Phi) is 9.56. The number of sulfone groups is 1. The van der Waals surface area contributed by atoms with E-state index in [1.807, 2.05) is 0 Å². The number of benzene rings is 3. The second kappa shape index (κ2) is 12.6. The van der Waals surface area contributed by atoms with Crippen LogP contribution in [0.1, 0.15) is 16.8 Å². The number of carbonyl (C=O) groups excluding carboxylic acids is 2. The largest absolute Gasteiger partial charge is 0.497 e. The second-order valence-electron chi connectivity index (χ2n) is 7.73. The molecule has 0 fully saturated rings. The second-order valence-corrected chi connectivity index (χ2v) is 10.7.